The third-order valence-electron chi connectivity index (χ3n) is 5.51. The number of rotatable bonds is 4. The minimum Gasteiger partial charge on any atom is -0.496 e. The second kappa shape index (κ2) is 8.53. The van der Waals surface area contributed by atoms with Gasteiger partial charge in [-0.15, -0.1) is 0 Å². The van der Waals surface area contributed by atoms with Crippen molar-refractivity contribution >= 4 is 28.3 Å². The van der Waals surface area contributed by atoms with E-state index < -0.39 is 5.82 Å². The van der Waals surface area contributed by atoms with Gasteiger partial charge in [-0.3, -0.25) is 9.59 Å². The zero-order valence-electron chi connectivity index (χ0n) is 16.7. The van der Waals surface area contributed by atoms with Crippen LogP contribution in [0, 0.1) is 11.7 Å². The molecule has 1 saturated heterocycles. The molecule has 3 aromatic rings. The summed E-state index contributed by atoms with van der Waals surface area (Å²) in [5.41, 5.74) is 1.02. The van der Waals surface area contributed by atoms with Crippen LogP contribution in [0.25, 0.3) is 10.8 Å². The van der Waals surface area contributed by atoms with Crippen LogP contribution in [-0.4, -0.2) is 36.9 Å². The number of piperidine rings is 1. The maximum Gasteiger partial charge on any atom is 0.254 e. The van der Waals surface area contributed by atoms with E-state index in [-0.39, 0.29) is 17.7 Å². The van der Waals surface area contributed by atoms with Crippen molar-refractivity contribution in [3.05, 3.63) is 72.0 Å². The molecule has 1 atom stereocenters. The Hall–Kier alpha value is -3.41. The normalized spacial score (nSPS) is 16.3. The van der Waals surface area contributed by atoms with Gasteiger partial charge in [-0.2, -0.15) is 0 Å². The maximum absolute atomic E-state index is 13.4. The van der Waals surface area contributed by atoms with E-state index >= 15 is 0 Å². The molecule has 2 amide bonds. The molecular formula is C24H23FN2O3. The van der Waals surface area contributed by atoms with E-state index in [1.165, 1.54) is 12.1 Å². The first-order valence-electron chi connectivity index (χ1n) is 9.98. The number of ether oxygens (including phenoxy) is 1. The van der Waals surface area contributed by atoms with Gasteiger partial charge in [0.1, 0.15) is 11.6 Å². The summed E-state index contributed by atoms with van der Waals surface area (Å²) in [5.74, 6) is -0.321. The number of benzene rings is 3. The Balaban J connectivity index is 1.53. The van der Waals surface area contributed by atoms with E-state index in [1.54, 1.807) is 36.3 Å². The molecule has 0 radical (unpaired) electrons. The predicted molar refractivity (Wildman–Crippen MR) is 114 cm³/mol. The Morgan fingerprint density at radius 2 is 1.87 bits per heavy atom. The number of carbonyl (C=O) groups is 2. The SMILES string of the molecule is COc1ccc(C(=O)N2CCC[C@H](C(=O)Nc3cccc(F)c3)C2)c2ccccc12. The van der Waals surface area contributed by atoms with E-state index in [9.17, 15) is 14.0 Å². The molecule has 30 heavy (non-hydrogen) atoms. The van der Waals surface area contributed by atoms with Crippen molar-refractivity contribution in [2.75, 3.05) is 25.5 Å². The van der Waals surface area contributed by atoms with Crippen molar-refractivity contribution in [2.24, 2.45) is 5.92 Å². The van der Waals surface area contributed by atoms with Gasteiger partial charge in [0.25, 0.3) is 5.91 Å². The lowest BCUT2D eigenvalue weighted by Gasteiger charge is -2.32. The number of hydrogen-bond donors (Lipinski definition) is 1. The Morgan fingerprint density at radius 3 is 2.63 bits per heavy atom. The maximum atomic E-state index is 13.4. The first-order valence-corrected chi connectivity index (χ1v) is 9.98. The summed E-state index contributed by atoms with van der Waals surface area (Å²) in [5, 5.41) is 4.47. The number of halogens is 1. The van der Waals surface area contributed by atoms with E-state index in [0.717, 1.165) is 17.2 Å². The molecule has 4 rings (SSSR count). The number of nitrogens with one attached hydrogen (secondary N) is 1. The molecule has 6 heteroatoms. The van der Waals surface area contributed by atoms with Crippen LogP contribution in [0.2, 0.25) is 0 Å². The van der Waals surface area contributed by atoms with Crippen LogP contribution in [0.1, 0.15) is 23.2 Å². The fraction of sp³-hybridized carbons (Fsp3) is 0.250. The zero-order valence-corrected chi connectivity index (χ0v) is 16.7. The molecule has 1 heterocycles. The first kappa shape index (κ1) is 19.9. The molecule has 0 unspecified atom stereocenters. The Morgan fingerprint density at radius 1 is 1.07 bits per heavy atom. The average molecular weight is 406 g/mol. The molecule has 0 saturated carbocycles. The number of nitrogens with zero attached hydrogens (tertiary/aromatic N) is 1. The molecule has 1 N–H and O–H groups in total. The second-order valence-corrected chi connectivity index (χ2v) is 7.45. The van der Waals surface area contributed by atoms with E-state index in [2.05, 4.69) is 5.32 Å². The highest BCUT2D eigenvalue weighted by Gasteiger charge is 2.29. The lowest BCUT2D eigenvalue weighted by Crippen LogP contribution is -2.43. The van der Waals surface area contributed by atoms with Gasteiger partial charge < -0.3 is 15.0 Å². The summed E-state index contributed by atoms with van der Waals surface area (Å²) in [7, 11) is 1.61. The highest BCUT2D eigenvalue weighted by Crippen LogP contribution is 2.30. The van der Waals surface area contributed by atoms with Crippen LogP contribution in [0.5, 0.6) is 5.75 Å². The minimum atomic E-state index is -0.403. The standard InChI is InChI=1S/C24H23FN2O3/c1-30-22-12-11-21(19-9-2-3-10-20(19)22)24(29)27-13-5-6-16(15-27)23(28)26-18-8-4-7-17(25)14-18/h2-4,7-12,14,16H,5-6,13,15H2,1H3,(H,26,28)/t16-/m0/s1. The Labute approximate surface area is 174 Å². The summed E-state index contributed by atoms with van der Waals surface area (Å²) in [4.78, 5) is 27.7. The summed E-state index contributed by atoms with van der Waals surface area (Å²) in [6.07, 6.45) is 1.43. The van der Waals surface area contributed by atoms with Crippen molar-refractivity contribution in [1.29, 1.82) is 0 Å². The molecule has 3 aromatic carbocycles. The largest absolute Gasteiger partial charge is 0.496 e. The van der Waals surface area contributed by atoms with Gasteiger partial charge in [0, 0.05) is 29.7 Å². The molecule has 1 fully saturated rings. The number of amides is 2. The number of anilines is 1. The molecule has 0 aliphatic carbocycles. The molecule has 154 valence electrons. The highest BCUT2D eigenvalue weighted by molar-refractivity contribution is 6.08. The van der Waals surface area contributed by atoms with Crippen LogP contribution >= 0.6 is 0 Å². The third kappa shape index (κ3) is 3.99. The molecule has 0 bridgehead atoms. The number of methoxy groups -OCH3 is 1. The quantitative estimate of drug-likeness (QED) is 0.695. The molecule has 0 spiro atoms. The summed E-state index contributed by atoms with van der Waals surface area (Å²) < 4.78 is 18.8. The summed E-state index contributed by atoms with van der Waals surface area (Å²) >= 11 is 0. The van der Waals surface area contributed by atoms with Crippen LogP contribution in [0.15, 0.2) is 60.7 Å². The van der Waals surface area contributed by atoms with Crippen molar-refractivity contribution in [3.8, 4) is 5.75 Å². The fourth-order valence-corrected chi connectivity index (χ4v) is 3.99. The average Bonchev–Trinajstić information content (AvgIpc) is 2.78. The number of fused-ring (bicyclic) bond motifs is 1. The topological polar surface area (TPSA) is 58.6 Å². The monoisotopic (exact) mass is 406 g/mol. The van der Waals surface area contributed by atoms with Crippen LogP contribution in [0.3, 0.4) is 0 Å². The van der Waals surface area contributed by atoms with Gasteiger partial charge in [0.2, 0.25) is 5.91 Å². The third-order valence-corrected chi connectivity index (χ3v) is 5.51. The van der Waals surface area contributed by atoms with Crippen molar-refractivity contribution in [1.82, 2.24) is 4.90 Å². The highest BCUT2D eigenvalue weighted by atomic mass is 19.1. The summed E-state index contributed by atoms with van der Waals surface area (Å²) in [6.45, 7) is 0.934. The number of hydrogen-bond acceptors (Lipinski definition) is 3. The Bertz CT molecular complexity index is 1100. The summed E-state index contributed by atoms with van der Waals surface area (Å²) in [6, 6.07) is 17.0. The van der Waals surface area contributed by atoms with Gasteiger partial charge in [-0.05, 0) is 48.6 Å². The number of likely N-dealkylation sites (tertiary alicyclic amines) is 1. The van der Waals surface area contributed by atoms with Gasteiger partial charge in [0.15, 0.2) is 0 Å². The van der Waals surface area contributed by atoms with Crippen LogP contribution in [-0.2, 0) is 4.79 Å². The van der Waals surface area contributed by atoms with Crippen LogP contribution < -0.4 is 10.1 Å². The van der Waals surface area contributed by atoms with E-state index in [4.69, 9.17) is 4.74 Å². The molecule has 1 aliphatic rings. The van der Waals surface area contributed by atoms with Crippen molar-refractivity contribution in [2.45, 2.75) is 12.8 Å². The van der Waals surface area contributed by atoms with Gasteiger partial charge in [-0.1, -0.05) is 30.3 Å². The predicted octanol–water partition coefficient (Wildman–Crippen LogP) is 4.48. The molecular weight excluding hydrogens is 383 g/mol. The fourth-order valence-electron chi connectivity index (χ4n) is 3.99. The second-order valence-electron chi connectivity index (χ2n) is 7.45. The number of carbonyl (C=O) groups excluding carboxylic acids is 2. The zero-order chi connectivity index (χ0) is 21.1. The smallest absolute Gasteiger partial charge is 0.254 e. The lowest BCUT2D eigenvalue weighted by molar-refractivity contribution is -0.121. The van der Waals surface area contributed by atoms with Crippen molar-refractivity contribution in [3.63, 3.8) is 0 Å². The van der Waals surface area contributed by atoms with E-state index in [1.807, 2.05) is 24.3 Å². The van der Waals surface area contributed by atoms with E-state index in [0.29, 0.717) is 36.5 Å². The lowest BCUT2D eigenvalue weighted by atomic mass is 9.95. The van der Waals surface area contributed by atoms with Crippen LogP contribution in [0.4, 0.5) is 10.1 Å². The van der Waals surface area contributed by atoms with Gasteiger partial charge in [-0.25, -0.2) is 4.39 Å². The minimum absolute atomic E-state index is 0.0999. The van der Waals surface area contributed by atoms with Gasteiger partial charge in [0.05, 0.1) is 13.0 Å². The molecule has 1 aliphatic heterocycles. The van der Waals surface area contributed by atoms with Crippen molar-refractivity contribution < 1.29 is 18.7 Å². The Kier molecular flexibility index (Phi) is 5.65. The molecule has 5 nitrogen and oxygen atoms in total. The van der Waals surface area contributed by atoms with Gasteiger partial charge >= 0.3 is 0 Å². The molecule has 0 aromatic heterocycles. The first-order chi connectivity index (χ1) is 14.6.